The van der Waals surface area contributed by atoms with E-state index in [1.807, 2.05) is 7.05 Å². The maximum atomic E-state index is 5.86. The third kappa shape index (κ3) is 3.11. The topological polar surface area (TPSA) is 58.5 Å². The molecule has 3 rings (SSSR count). The van der Waals surface area contributed by atoms with E-state index in [-0.39, 0.29) is 5.41 Å². The van der Waals surface area contributed by atoms with E-state index in [1.165, 1.54) is 5.01 Å². The van der Waals surface area contributed by atoms with Crippen LogP contribution in [0.4, 0.5) is 0 Å². The fraction of sp³-hybridized carbons (Fsp3) is 0.765. The summed E-state index contributed by atoms with van der Waals surface area (Å²) in [5, 5.41) is 10.3. The molecule has 0 aromatic carbocycles. The standard InChI is InChI=1S/C17H28N4OS/c1-10(2)15-20-11(9-23-15)8-19-16(18-5)21-13-12-6-7-22-14(12)17(13,3)4/h9-10,12-14H,6-8H2,1-5H3,(H2,18,19,21). The van der Waals surface area contributed by atoms with E-state index in [0.29, 0.717) is 30.5 Å². The van der Waals surface area contributed by atoms with Gasteiger partial charge in [0.2, 0.25) is 0 Å². The first-order valence-electron chi connectivity index (χ1n) is 8.46. The van der Waals surface area contributed by atoms with Crippen molar-refractivity contribution in [3.8, 4) is 0 Å². The summed E-state index contributed by atoms with van der Waals surface area (Å²) in [6.45, 7) is 10.5. The van der Waals surface area contributed by atoms with Gasteiger partial charge in [-0.3, -0.25) is 4.99 Å². The van der Waals surface area contributed by atoms with Crippen molar-refractivity contribution in [2.24, 2.45) is 16.3 Å². The number of rotatable bonds is 4. The Balaban J connectivity index is 1.56. The summed E-state index contributed by atoms with van der Waals surface area (Å²) in [5.41, 5.74) is 1.24. The van der Waals surface area contributed by atoms with Gasteiger partial charge in [-0.15, -0.1) is 11.3 Å². The molecule has 1 aromatic heterocycles. The summed E-state index contributed by atoms with van der Waals surface area (Å²) in [5.74, 6) is 1.95. The van der Waals surface area contributed by atoms with Crippen LogP contribution in [0.5, 0.6) is 0 Å². The van der Waals surface area contributed by atoms with Gasteiger partial charge in [0.05, 0.1) is 23.4 Å². The van der Waals surface area contributed by atoms with Gasteiger partial charge in [-0.1, -0.05) is 27.7 Å². The smallest absolute Gasteiger partial charge is 0.191 e. The van der Waals surface area contributed by atoms with Crippen molar-refractivity contribution in [1.82, 2.24) is 15.6 Å². The Labute approximate surface area is 142 Å². The fourth-order valence-corrected chi connectivity index (χ4v) is 4.64. The molecule has 2 N–H and O–H groups in total. The second-order valence-electron chi connectivity index (χ2n) is 7.44. The molecule has 23 heavy (non-hydrogen) atoms. The minimum atomic E-state index is 0.157. The van der Waals surface area contributed by atoms with E-state index in [2.05, 4.69) is 53.7 Å². The van der Waals surface area contributed by atoms with Crippen LogP contribution in [-0.4, -0.2) is 36.7 Å². The third-order valence-electron chi connectivity index (χ3n) is 5.12. The molecule has 1 saturated carbocycles. The van der Waals surface area contributed by atoms with Gasteiger partial charge in [0, 0.05) is 42.3 Å². The molecule has 1 aliphatic carbocycles. The Morgan fingerprint density at radius 1 is 1.52 bits per heavy atom. The van der Waals surface area contributed by atoms with Crippen molar-refractivity contribution in [1.29, 1.82) is 0 Å². The maximum absolute atomic E-state index is 5.86. The molecule has 0 spiro atoms. The maximum Gasteiger partial charge on any atom is 0.191 e. The highest BCUT2D eigenvalue weighted by atomic mass is 32.1. The summed E-state index contributed by atoms with van der Waals surface area (Å²) in [6, 6.07) is 0.419. The predicted molar refractivity (Wildman–Crippen MR) is 95.0 cm³/mol. The number of ether oxygens (including phenoxy) is 1. The van der Waals surface area contributed by atoms with Crippen LogP contribution in [-0.2, 0) is 11.3 Å². The zero-order valence-electron chi connectivity index (χ0n) is 14.7. The molecule has 3 atom stereocenters. The van der Waals surface area contributed by atoms with E-state index in [1.54, 1.807) is 11.3 Å². The first-order chi connectivity index (χ1) is 10.9. The van der Waals surface area contributed by atoms with Crippen LogP contribution in [0.3, 0.4) is 0 Å². The van der Waals surface area contributed by atoms with Crippen LogP contribution in [0.15, 0.2) is 10.4 Å². The number of aromatic nitrogens is 1. The molecule has 2 heterocycles. The minimum absolute atomic E-state index is 0.157. The van der Waals surface area contributed by atoms with Crippen LogP contribution in [0.25, 0.3) is 0 Å². The molecule has 6 heteroatoms. The summed E-state index contributed by atoms with van der Waals surface area (Å²) < 4.78 is 5.86. The van der Waals surface area contributed by atoms with Crippen molar-refractivity contribution in [2.75, 3.05) is 13.7 Å². The fourth-order valence-electron chi connectivity index (χ4n) is 3.80. The normalized spacial score (nSPS) is 29.3. The monoisotopic (exact) mass is 336 g/mol. The first kappa shape index (κ1) is 16.7. The van der Waals surface area contributed by atoms with E-state index < -0.39 is 0 Å². The van der Waals surface area contributed by atoms with Crippen molar-refractivity contribution in [3.05, 3.63) is 16.1 Å². The van der Waals surface area contributed by atoms with Crippen LogP contribution in [0, 0.1) is 11.3 Å². The first-order valence-corrected chi connectivity index (χ1v) is 9.34. The van der Waals surface area contributed by atoms with Crippen LogP contribution in [0.2, 0.25) is 0 Å². The molecule has 2 aliphatic rings. The van der Waals surface area contributed by atoms with Crippen molar-refractivity contribution < 1.29 is 4.74 Å². The Hall–Kier alpha value is -1.14. The van der Waals surface area contributed by atoms with Crippen molar-refractivity contribution in [2.45, 2.75) is 58.7 Å². The SMILES string of the molecule is CN=C(NCc1csc(C(C)C)n1)NC1C2CCOC2C1(C)C. The molecule has 1 aliphatic heterocycles. The lowest BCUT2D eigenvalue weighted by Crippen LogP contribution is -2.67. The van der Waals surface area contributed by atoms with Gasteiger partial charge in [-0.05, 0) is 6.42 Å². The largest absolute Gasteiger partial charge is 0.377 e. The van der Waals surface area contributed by atoms with Crippen molar-refractivity contribution in [3.63, 3.8) is 0 Å². The van der Waals surface area contributed by atoms with Crippen LogP contribution < -0.4 is 10.6 Å². The Bertz CT molecular complexity index is 581. The number of hydrogen-bond donors (Lipinski definition) is 2. The van der Waals surface area contributed by atoms with Gasteiger partial charge in [-0.25, -0.2) is 4.98 Å². The Kier molecular flexibility index (Phi) is 4.65. The predicted octanol–water partition coefficient (Wildman–Crippen LogP) is 2.75. The Morgan fingerprint density at radius 3 is 2.96 bits per heavy atom. The molecule has 5 nitrogen and oxygen atoms in total. The lowest BCUT2D eigenvalue weighted by molar-refractivity contribution is -0.106. The number of nitrogens with one attached hydrogen (secondary N) is 2. The quantitative estimate of drug-likeness (QED) is 0.656. The average molecular weight is 337 g/mol. The molecule has 1 saturated heterocycles. The number of aliphatic imine (C=N–C) groups is 1. The number of thiazole rings is 1. The van der Waals surface area contributed by atoms with Crippen LogP contribution >= 0.6 is 11.3 Å². The zero-order valence-corrected chi connectivity index (χ0v) is 15.5. The van der Waals surface area contributed by atoms with Gasteiger partial charge in [0.1, 0.15) is 0 Å². The summed E-state index contributed by atoms with van der Waals surface area (Å²) in [7, 11) is 1.82. The summed E-state index contributed by atoms with van der Waals surface area (Å²) in [4.78, 5) is 9.04. The second kappa shape index (κ2) is 6.40. The number of hydrogen-bond acceptors (Lipinski definition) is 4. The van der Waals surface area contributed by atoms with Gasteiger partial charge >= 0.3 is 0 Å². The van der Waals surface area contributed by atoms with Gasteiger partial charge in [-0.2, -0.15) is 0 Å². The molecule has 0 bridgehead atoms. The highest BCUT2D eigenvalue weighted by molar-refractivity contribution is 7.09. The molecule has 128 valence electrons. The number of nitrogens with zero attached hydrogens (tertiary/aromatic N) is 2. The highest BCUT2D eigenvalue weighted by Crippen LogP contribution is 2.52. The average Bonchev–Trinajstić information content (AvgIpc) is 3.15. The number of guanidine groups is 1. The lowest BCUT2D eigenvalue weighted by atomic mass is 9.57. The molecule has 3 unspecified atom stereocenters. The second-order valence-corrected chi connectivity index (χ2v) is 8.33. The van der Waals surface area contributed by atoms with Crippen molar-refractivity contribution >= 4 is 17.3 Å². The molecule has 2 fully saturated rings. The zero-order chi connectivity index (χ0) is 16.6. The van der Waals surface area contributed by atoms with E-state index >= 15 is 0 Å². The molecular weight excluding hydrogens is 308 g/mol. The van der Waals surface area contributed by atoms with Gasteiger partial charge < -0.3 is 15.4 Å². The Morgan fingerprint density at radius 2 is 2.30 bits per heavy atom. The van der Waals surface area contributed by atoms with Gasteiger partial charge in [0.25, 0.3) is 0 Å². The third-order valence-corrected chi connectivity index (χ3v) is 6.31. The minimum Gasteiger partial charge on any atom is -0.377 e. The highest BCUT2D eigenvalue weighted by Gasteiger charge is 2.59. The molecule has 1 aromatic rings. The molecule has 0 amide bonds. The summed E-state index contributed by atoms with van der Waals surface area (Å²) >= 11 is 1.73. The van der Waals surface area contributed by atoms with E-state index in [9.17, 15) is 0 Å². The molecular formula is C17H28N4OS. The van der Waals surface area contributed by atoms with Gasteiger partial charge in [0.15, 0.2) is 5.96 Å². The molecule has 0 radical (unpaired) electrons. The van der Waals surface area contributed by atoms with Crippen LogP contribution in [0.1, 0.15) is 50.7 Å². The summed E-state index contributed by atoms with van der Waals surface area (Å²) in [6.07, 6.45) is 1.54. The van der Waals surface area contributed by atoms with E-state index in [4.69, 9.17) is 4.74 Å². The van der Waals surface area contributed by atoms with E-state index in [0.717, 1.165) is 24.7 Å². The lowest BCUT2D eigenvalue weighted by Gasteiger charge is -2.54. The number of fused-ring (bicyclic) bond motifs is 1.